The summed E-state index contributed by atoms with van der Waals surface area (Å²) in [4.78, 5) is 34.6. The fourth-order valence-electron chi connectivity index (χ4n) is 2.95. The van der Waals surface area contributed by atoms with E-state index in [1.54, 1.807) is 45.0 Å². The first kappa shape index (κ1) is 33.6. The summed E-state index contributed by atoms with van der Waals surface area (Å²) in [6.07, 6.45) is 3.79. The van der Waals surface area contributed by atoms with Crippen LogP contribution in [-0.4, -0.2) is 41.2 Å². The summed E-state index contributed by atoms with van der Waals surface area (Å²) in [6, 6.07) is 5.86. The Morgan fingerprint density at radius 1 is 0.971 bits per heavy atom. The molecule has 1 atom stereocenters. The third-order valence-corrected chi connectivity index (χ3v) is 4.45. The first-order chi connectivity index (χ1) is 15.9. The first-order valence-corrected chi connectivity index (χ1v) is 12.4. The highest BCUT2D eigenvalue weighted by Gasteiger charge is 2.22. The monoisotopic (exact) mass is 481 g/mol. The molecule has 0 heterocycles. The Hall–Kier alpha value is -2.57. The van der Waals surface area contributed by atoms with E-state index in [1.807, 2.05) is 20.8 Å². The Labute approximate surface area is 206 Å². The summed E-state index contributed by atoms with van der Waals surface area (Å²) in [6.45, 7) is 17.3. The summed E-state index contributed by atoms with van der Waals surface area (Å²) in [5, 5.41) is 11.8. The van der Waals surface area contributed by atoms with E-state index in [4.69, 9.17) is 9.47 Å². The van der Waals surface area contributed by atoms with Crippen molar-refractivity contribution >= 4 is 17.8 Å². The van der Waals surface area contributed by atoms with Crippen molar-refractivity contribution in [3.63, 3.8) is 0 Å². The highest BCUT2D eigenvalue weighted by Crippen LogP contribution is 2.15. The molecule has 0 unspecified atom stereocenters. The second-order valence-electron chi connectivity index (χ2n) is 8.71. The van der Waals surface area contributed by atoms with E-state index in [2.05, 4.69) is 19.2 Å². The van der Waals surface area contributed by atoms with Crippen LogP contribution in [0.1, 0.15) is 93.6 Å². The predicted molar refractivity (Wildman–Crippen MR) is 137 cm³/mol. The number of amides is 1. The molecule has 7 heteroatoms. The Morgan fingerprint density at radius 3 is 1.85 bits per heavy atom. The van der Waals surface area contributed by atoms with Crippen LogP contribution in [-0.2, 0) is 25.5 Å². The Bertz CT molecular complexity index is 688. The van der Waals surface area contributed by atoms with Gasteiger partial charge in [0.15, 0.2) is 5.78 Å². The number of carbonyl (C=O) groups is 3. The minimum absolute atomic E-state index is 0.0128. The molecular formula is C27H47NO6. The van der Waals surface area contributed by atoms with Gasteiger partial charge in [0.25, 0.3) is 0 Å². The number of ether oxygens (including phenoxy) is 2. The maximum atomic E-state index is 11.7. The molecular weight excluding hydrogens is 434 g/mol. The second-order valence-corrected chi connectivity index (χ2v) is 8.71. The molecule has 0 aliphatic rings. The van der Waals surface area contributed by atoms with Crippen LogP contribution >= 0.6 is 0 Å². The van der Waals surface area contributed by atoms with Crippen molar-refractivity contribution in [3.05, 3.63) is 29.8 Å². The lowest BCUT2D eigenvalue weighted by molar-refractivity contribution is -0.148. The van der Waals surface area contributed by atoms with Crippen molar-refractivity contribution in [1.82, 2.24) is 5.32 Å². The van der Waals surface area contributed by atoms with Crippen molar-refractivity contribution in [2.45, 2.75) is 106 Å². The van der Waals surface area contributed by atoms with Gasteiger partial charge in [-0.3, -0.25) is 9.59 Å². The second kappa shape index (κ2) is 18.8. The number of benzene rings is 1. The lowest BCUT2D eigenvalue weighted by Crippen LogP contribution is -2.43. The molecule has 0 bridgehead atoms. The standard InChI is InChI=1S/C15H21NO4.C10H20O2.C2H6/c1-10(17)13(16-14(19)20-15(2,3)4)9-11-5-7-12(18)8-6-11;1-4-7-9(8-5-2)10(11)12-6-3;1-2/h5-8,13,18H,9H2,1-4H3,(H,16,19);9H,4-8H2,1-3H3;1-2H3/t13-;;/m0../s1. The number of phenols is 1. The molecule has 0 aromatic heterocycles. The van der Waals surface area contributed by atoms with Crippen LogP contribution in [0.4, 0.5) is 4.79 Å². The number of carbonyl (C=O) groups excluding carboxylic acids is 3. The Kier molecular flexibility index (Phi) is 18.6. The number of hydrogen-bond acceptors (Lipinski definition) is 6. The molecule has 0 spiro atoms. The summed E-state index contributed by atoms with van der Waals surface area (Å²) in [5.74, 6) is 0.137. The van der Waals surface area contributed by atoms with Gasteiger partial charge in [-0.25, -0.2) is 4.79 Å². The van der Waals surface area contributed by atoms with Gasteiger partial charge in [0.2, 0.25) is 0 Å². The topological polar surface area (TPSA) is 102 Å². The van der Waals surface area contributed by atoms with Crippen molar-refractivity contribution in [1.29, 1.82) is 0 Å². The largest absolute Gasteiger partial charge is 0.508 e. The quantitative estimate of drug-likeness (QED) is 0.385. The van der Waals surface area contributed by atoms with Gasteiger partial charge in [0.1, 0.15) is 11.4 Å². The maximum Gasteiger partial charge on any atom is 0.408 e. The number of aromatic hydroxyl groups is 1. The highest BCUT2D eigenvalue weighted by molar-refractivity contribution is 5.85. The number of esters is 1. The van der Waals surface area contributed by atoms with Crippen molar-refractivity contribution in [2.24, 2.45) is 5.92 Å². The van der Waals surface area contributed by atoms with E-state index in [0.29, 0.717) is 13.0 Å². The number of alkyl carbamates (subject to hydrolysis) is 1. The molecule has 0 saturated carbocycles. The maximum absolute atomic E-state index is 11.7. The average Bonchev–Trinajstić information content (AvgIpc) is 2.75. The van der Waals surface area contributed by atoms with E-state index in [1.165, 1.54) is 6.92 Å². The SMILES string of the molecule is CC.CC(=O)[C@H](Cc1ccc(O)cc1)NC(=O)OC(C)(C)C.CCCC(CCC)C(=O)OCC. The predicted octanol–water partition coefficient (Wildman–Crippen LogP) is 6.21. The summed E-state index contributed by atoms with van der Waals surface area (Å²) in [5.41, 5.74) is 0.239. The van der Waals surface area contributed by atoms with Crippen LogP contribution in [0.3, 0.4) is 0 Å². The molecule has 196 valence electrons. The van der Waals surface area contributed by atoms with E-state index < -0.39 is 17.7 Å². The van der Waals surface area contributed by atoms with Crippen LogP contribution in [0, 0.1) is 5.92 Å². The zero-order chi connectivity index (χ0) is 26.7. The van der Waals surface area contributed by atoms with Gasteiger partial charge in [-0.15, -0.1) is 0 Å². The van der Waals surface area contributed by atoms with Gasteiger partial charge >= 0.3 is 12.1 Å². The van der Waals surface area contributed by atoms with Gasteiger partial charge < -0.3 is 19.9 Å². The molecule has 0 aliphatic heterocycles. The molecule has 0 aliphatic carbocycles. The molecule has 0 radical (unpaired) electrons. The van der Waals surface area contributed by atoms with Crippen LogP contribution in [0.25, 0.3) is 0 Å². The van der Waals surface area contributed by atoms with Crippen molar-refractivity contribution in [2.75, 3.05) is 6.61 Å². The van der Waals surface area contributed by atoms with E-state index in [0.717, 1.165) is 31.2 Å². The molecule has 2 N–H and O–H groups in total. The van der Waals surface area contributed by atoms with Gasteiger partial charge in [-0.2, -0.15) is 0 Å². The zero-order valence-corrected chi connectivity index (χ0v) is 22.7. The first-order valence-electron chi connectivity index (χ1n) is 12.4. The Balaban J connectivity index is 0. The molecule has 0 saturated heterocycles. The van der Waals surface area contributed by atoms with Gasteiger partial charge in [-0.05, 0) is 71.6 Å². The molecule has 0 fully saturated rings. The summed E-state index contributed by atoms with van der Waals surface area (Å²) in [7, 11) is 0. The molecule has 1 aromatic rings. The number of nitrogens with one attached hydrogen (secondary N) is 1. The number of hydrogen-bond donors (Lipinski definition) is 2. The molecule has 1 amide bonds. The molecule has 7 nitrogen and oxygen atoms in total. The van der Waals surface area contributed by atoms with E-state index in [-0.39, 0.29) is 23.4 Å². The van der Waals surface area contributed by atoms with Gasteiger partial charge in [0, 0.05) is 0 Å². The van der Waals surface area contributed by atoms with Crippen molar-refractivity contribution in [3.8, 4) is 5.75 Å². The minimum atomic E-state index is -0.644. The fraction of sp³-hybridized carbons (Fsp3) is 0.667. The normalized spacial score (nSPS) is 11.2. The fourth-order valence-corrected chi connectivity index (χ4v) is 2.95. The molecule has 1 aromatic carbocycles. The molecule has 34 heavy (non-hydrogen) atoms. The van der Waals surface area contributed by atoms with Gasteiger partial charge in [-0.1, -0.05) is 52.7 Å². The van der Waals surface area contributed by atoms with Crippen LogP contribution in [0.2, 0.25) is 0 Å². The summed E-state index contributed by atoms with van der Waals surface area (Å²) < 4.78 is 10.1. The van der Waals surface area contributed by atoms with Crippen LogP contribution in [0.5, 0.6) is 5.75 Å². The number of phenolic OH excluding ortho intramolecular Hbond substituents is 1. The van der Waals surface area contributed by atoms with E-state index in [9.17, 15) is 19.5 Å². The van der Waals surface area contributed by atoms with Crippen molar-refractivity contribution < 1.29 is 29.0 Å². The zero-order valence-electron chi connectivity index (χ0n) is 22.7. The highest BCUT2D eigenvalue weighted by atomic mass is 16.6. The third kappa shape index (κ3) is 17.0. The Morgan fingerprint density at radius 2 is 1.47 bits per heavy atom. The third-order valence-electron chi connectivity index (χ3n) is 4.45. The van der Waals surface area contributed by atoms with E-state index >= 15 is 0 Å². The minimum Gasteiger partial charge on any atom is -0.508 e. The lowest BCUT2D eigenvalue weighted by atomic mass is 9.99. The summed E-state index contributed by atoms with van der Waals surface area (Å²) >= 11 is 0. The smallest absolute Gasteiger partial charge is 0.408 e. The number of rotatable bonds is 10. The van der Waals surface area contributed by atoms with Gasteiger partial charge in [0.05, 0.1) is 18.6 Å². The van der Waals surface area contributed by atoms with Crippen LogP contribution in [0.15, 0.2) is 24.3 Å². The lowest BCUT2D eigenvalue weighted by Gasteiger charge is -2.22. The average molecular weight is 482 g/mol. The molecule has 1 rings (SSSR count). The number of Topliss-reactive ketones (excluding diaryl/α,β-unsaturated/α-hetero) is 1. The number of ketones is 1. The van der Waals surface area contributed by atoms with Crippen LogP contribution < -0.4 is 5.32 Å².